The minimum atomic E-state index is 0.0532. The van der Waals surface area contributed by atoms with Crippen molar-refractivity contribution in [3.63, 3.8) is 0 Å². The molecule has 0 spiro atoms. The molecule has 2 saturated heterocycles. The molecule has 0 aromatic carbocycles. The summed E-state index contributed by atoms with van der Waals surface area (Å²) in [5.74, 6) is 0.725. The largest absolute Gasteiger partial charge is 0.364 e. The summed E-state index contributed by atoms with van der Waals surface area (Å²) in [6, 6.07) is 0.358. The van der Waals surface area contributed by atoms with Crippen LogP contribution in [0.5, 0.6) is 0 Å². The molecule has 3 heterocycles. The van der Waals surface area contributed by atoms with E-state index >= 15 is 0 Å². The quantitative estimate of drug-likeness (QED) is 0.750. The Kier molecular flexibility index (Phi) is 2.40. The second-order valence-electron chi connectivity index (χ2n) is 4.52. The number of amides is 1. The highest BCUT2D eigenvalue weighted by Crippen LogP contribution is 2.29. The van der Waals surface area contributed by atoms with Crippen molar-refractivity contribution in [1.29, 1.82) is 0 Å². The monoisotopic (exact) mass is 221 g/mol. The third-order valence-corrected chi connectivity index (χ3v) is 3.67. The fourth-order valence-corrected chi connectivity index (χ4v) is 2.80. The minimum Gasteiger partial charge on any atom is -0.364 e. The summed E-state index contributed by atoms with van der Waals surface area (Å²) in [4.78, 5) is 14.1. The molecule has 1 aromatic heterocycles. The third-order valence-electron chi connectivity index (χ3n) is 3.67. The standard InChI is InChI=1S/C11H15N3O2/c15-11(9-5-13-16-7-9)14-4-2-8-1-3-12-6-10(8)14/h5,7-8,10,12H,1-4,6H2. The Bertz CT molecular complexity index is 377. The highest BCUT2D eigenvalue weighted by molar-refractivity contribution is 5.94. The Hall–Kier alpha value is -1.36. The molecular formula is C11H15N3O2. The number of fused-ring (bicyclic) bond motifs is 1. The van der Waals surface area contributed by atoms with Crippen molar-refractivity contribution in [2.24, 2.45) is 5.92 Å². The second kappa shape index (κ2) is 3.90. The summed E-state index contributed by atoms with van der Waals surface area (Å²) in [5.41, 5.74) is 0.561. The second-order valence-corrected chi connectivity index (χ2v) is 4.52. The van der Waals surface area contributed by atoms with E-state index in [9.17, 15) is 4.79 Å². The molecule has 2 atom stereocenters. The summed E-state index contributed by atoms with van der Waals surface area (Å²) >= 11 is 0. The molecule has 1 N–H and O–H groups in total. The molecule has 2 unspecified atom stereocenters. The first-order chi connectivity index (χ1) is 7.86. The number of nitrogens with zero attached hydrogens (tertiary/aromatic N) is 2. The topological polar surface area (TPSA) is 58.4 Å². The molecule has 0 saturated carbocycles. The van der Waals surface area contributed by atoms with E-state index in [-0.39, 0.29) is 5.91 Å². The van der Waals surface area contributed by atoms with Crippen LogP contribution in [0, 0.1) is 5.92 Å². The summed E-state index contributed by atoms with van der Waals surface area (Å²) in [6.07, 6.45) is 5.22. The predicted octanol–water partition coefficient (Wildman–Crippen LogP) is 0.499. The van der Waals surface area contributed by atoms with Crippen molar-refractivity contribution in [1.82, 2.24) is 15.4 Å². The zero-order valence-corrected chi connectivity index (χ0v) is 9.06. The first-order valence-corrected chi connectivity index (χ1v) is 5.77. The van der Waals surface area contributed by atoms with Crippen LogP contribution in [0.4, 0.5) is 0 Å². The zero-order valence-electron chi connectivity index (χ0n) is 9.06. The van der Waals surface area contributed by atoms with Crippen LogP contribution in [0.25, 0.3) is 0 Å². The van der Waals surface area contributed by atoms with E-state index in [0.717, 1.165) is 26.1 Å². The van der Waals surface area contributed by atoms with Gasteiger partial charge in [-0.2, -0.15) is 0 Å². The minimum absolute atomic E-state index is 0.0532. The third kappa shape index (κ3) is 1.51. The maximum Gasteiger partial charge on any atom is 0.259 e. The number of hydrogen-bond acceptors (Lipinski definition) is 4. The Labute approximate surface area is 93.8 Å². The van der Waals surface area contributed by atoms with Crippen LogP contribution in [-0.2, 0) is 0 Å². The number of carbonyl (C=O) groups excluding carboxylic acids is 1. The number of hydrogen-bond donors (Lipinski definition) is 1. The van der Waals surface area contributed by atoms with E-state index in [1.165, 1.54) is 18.9 Å². The molecule has 2 aliphatic rings. The number of piperidine rings is 1. The van der Waals surface area contributed by atoms with Crippen molar-refractivity contribution in [3.05, 3.63) is 18.0 Å². The smallest absolute Gasteiger partial charge is 0.259 e. The van der Waals surface area contributed by atoms with E-state index in [2.05, 4.69) is 10.5 Å². The Morgan fingerprint density at radius 3 is 3.31 bits per heavy atom. The van der Waals surface area contributed by atoms with Gasteiger partial charge >= 0.3 is 0 Å². The molecule has 2 aliphatic heterocycles. The summed E-state index contributed by atoms with van der Waals surface area (Å²) in [6.45, 7) is 2.86. The summed E-state index contributed by atoms with van der Waals surface area (Å²) < 4.78 is 4.72. The number of nitrogens with one attached hydrogen (secondary N) is 1. The number of carbonyl (C=O) groups is 1. The van der Waals surface area contributed by atoms with Gasteiger partial charge in [-0.05, 0) is 25.3 Å². The van der Waals surface area contributed by atoms with E-state index in [1.807, 2.05) is 4.90 Å². The van der Waals surface area contributed by atoms with E-state index in [0.29, 0.717) is 17.5 Å². The average molecular weight is 221 g/mol. The number of aromatic nitrogens is 1. The van der Waals surface area contributed by atoms with Crippen LogP contribution in [0.15, 0.2) is 17.0 Å². The molecule has 16 heavy (non-hydrogen) atoms. The zero-order chi connectivity index (χ0) is 11.0. The van der Waals surface area contributed by atoms with Gasteiger partial charge < -0.3 is 14.7 Å². The molecule has 0 aliphatic carbocycles. The van der Waals surface area contributed by atoms with Crippen LogP contribution in [0.1, 0.15) is 23.2 Å². The van der Waals surface area contributed by atoms with Gasteiger partial charge in [-0.3, -0.25) is 4.79 Å². The molecular weight excluding hydrogens is 206 g/mol. The maximum atomic E-state index is 12.2. The van der Waals surface area contributed by atoms with Gasteiger partial charge in [0.1, 0.15) is 6.26 Å². The molecule has 86 valence electrons. The number of rotatable bonds is 1. The molecule has 5 heteroatoms. The highest BCUT2D eigenvalue weighted by atomic mass is 16.5. The lowest BCUT2D eigenvalue weighted by atomic mass is 9.93. The first kappa shape index (κ1) is 9.84. The van der Waals surface area contributed by atoms with Gasteiger partial charge in [-0.15, -0.1) is 0 Å². The van der Waals surface area contributed by atoms with Crippen molar-refractivity contribution in [2.45, 2.75) is 18.9 Å². The van der Waals surface area contributed by atoms with Crippen molar-refractivity contribution < 1.29 is 9.32 Å². The van der Waals surface area contributed by atoms with Gasteiger partial charge in [0, 0.05) is 19.1 Å². The molecule has 2 fully saturated rings. The van der Waals surface area contributed by atoms with Crippen LogP contribution >= 0.6 is 0 Å². The SMILES string of the molecule is O=C(c1cnoc1)N1CCC2CCNCC21. The normalized spacial score (nSPS) is 29.1. The van der Waals surface area contributed by atoms with Crippen molar-refractivity contribution in [3.8, 4) is 0 Å². The predicted molar refractivity (Wildman–Crippen MR) is 56.9 cm³/mol. The fourth-order valence-electron chi connectivity index (χ4n) is 2.80. The van der Waals surface area contributed by atoms with Gasteiger partial charge in [0.05, 0.1) is 11.8 Å². The van der Waals surface area contributed by atoms with Crippen LogP contribution in [0.3, 0.4) is 0 Å². The van der Waals surface area contributed by atoms with Crippen molar-refractivity contribution >= 4 is 5.91 Å². The van der Waals surface area contributed by atoms with Gasteiger partial charge in [0.2, 0.25) is 0 Å². The molecule has 0 radical (unpaired) electrons. The Morgan fingerprint density at radius 2 is 2.50 bits per heavy atom. The molecule has 1 amide bonds. The maximum absolute atomic E-state index is 12.2. The first-order valence-electron chi connectivity index (χ1n) is 5.77. The van der Waals surface area contributed by atoms with Gasteiger partial charge in [-0.25, -0.2) is 0 Å². The van der Waals surface area contributed by atoms with E-state index in [4.69, 9.17) is 4.52 Å². The van der Waals surface area contributed by atoms with E-state index in [1.54, 1.807) is 0 Å². The van der Waals surface area contributed by atoms with Gasteiger partial charge in [0.15, 0.2) is 0 Å². The lowest BCUT2D eigenvalue weighted by molar-refractivity contribution is 0.0702. The molecule has 1 aromatic rings. The fraction of sp³-hybridized carbons (Fsp3) is 0.636. The Balaban J connectivity index is 1.78. The van der Waals surface area contributed by atoms with E-state index < -0.39 is 0 Å². The summed E-state index contributed by atoms with van der Waals surface area (Å²) in [5, 5.41) is 6.93. The molecule has 3 rings (SSSR count). The van der Waals surface area contributed by atoms with Gasteiger partial charge in [-0.1, -0.05) is 5.16 Å². The lowest BCUT2D eigenvalue weighted by Crippen LogP contribution is -2.47. The van der Waals surface area contributed by atoms with Crippen LogP contribution < -0.4 is 5.32 Å². The molecule has 5 nitrogen and oxygen atoms in total. The van der Waals surface area contributed by atoms with Crippen molar-refractivity contribution in [2.75, 3.05) is 19.6 Å². The number of likely N-dealkylation sites (tertiary alicyclic amines) is 1. The van der Waals surface area contributed by atoms with Crippen LogP contribution in [-0.4, -0.2) is 41.6 Å². The Morgan fingerprint density at radius 1 is 1.56 bits per heavy atom. The van der Waals surface area contributed by atoms with Gasteiger partial charge in [0.25, 0.3) is 5.91 Å². The highest BCUT2D eigenvalue weighted by Gasteiger charge is 2.38. The lowest BCUT2D eigenvalue weighted by Gasteiger charge is -2.31. The average Bonchev–Trinajstić information content (AvgIpc) is 2.98. The van der Waals surface area contributed by atoms with Crippen LogP contribution in [0.2, 0.25) is 0 Å². The summed E-state index contributed by atoms with van der Waals surface area (Å²) in [7, 11) is 0. The molecule has 0 bridgehead atoms.